The maximum Gasteiger partial charge on any atom is 0.253 e. The van der Waals surface area contributed by atoms with Crippen molar-refractivity contribution in [3.63, 3.8) is 0 Å². The van der Waals surface area contributed by atoms with Crippen LogP contribution in [0.25, 0.3) is 0 Å². The van der Waals surface area contributed by atoms with Gasteiger partial charge in [0.2, 0.25) is 0 Å². The van der Waals surface area contributed by atoms with Crippen molar-refractivity contribution in [2.45, 2.75) is 51.9 Å². The fourth-order valence-electron chi connectivity index (χ4n) is 3.88. The highest BCUT2D eigenvalue weighted by Crippen LogP contribution is 2.23. The highest BCUT2D eigenvalue weighted by molar-refractivity contribution is 5.94. The molecule has 0 unspecified atom stereocenters. The molecule has 28 heavy (non-hydrogen) atoms. The van der Waals surface area contributed by atoms with Gasteiger partial charge in [-0.3, -0.25) is 4.79 Å². The number of hydrogen-bond acceptors (Lipinski definition) is 2. The zero-order valence-electron chi connectivity index (χ0n) is 17.1. The van der Waals surface area contributed by atoms with Crippen molar-refractivity contribution in [2.75, 3.05) is 19.7 Å². The quantitative estimate of drug-likeness (QED) is 0.520. The predicted molar refractivity (Wildman–Crippen MR) is 115 cm³/mol. The van der Waals surface area contributed by atoms with E-state index >= 15 is 0 Å². The molecule has 150 valence electrons. The predicted octanol–water partition coefficient (Wildman–Crippen LogP) is 5.74. The highest BCUT2D eigenvalue weighted by atomic mass is 16.5. The Kier molecular flexibility index (Phi) is 7.95. The Hall–Kier alpha value is -2.29. The van der Waals surface area contributed by atoms with Crippen LogP contribution in [-0.4, -0.2) is 30.5 Å². The van der Waals surface area contributed by atoms with E-state index in [0.717, 1.165) is 56.7 Å². The van der Waals surface area contributed by atoms with Crippen LogP contribution in [0.4, 0.5) is 0 Å². The van der Waals surface area contributed by atoms with Gasteiger partial charge in [-0.25, -0.2) is 0 Å². The van der Waals surface area contributed by atoms with Crippen LogP contribution in [0.2, 0.25) is 0 Å². The minimum atomic E-state index is 0.146. The van der Waals surface area contributed by atoms with Crippen LogP contribution in [0.15, 0.2) is 54.6 Å². The van der Waals surface area contributed by atoms with Gasteiger partial charge in [-0.15, -0.1) is 0 Å². The van der Waals surface area contributed by atoms with Gasteiger partial charge >= 0.3 is 0 Å². The van der Waals surface area contributed by atoms with Crippen LogP contribution >= 0.6 is 0 Å². The maximum absolute atomic E-state index is 12.8. The molecule has 1 heterocycles. The van der Waals surface area contributed by atoms with Crippen molar-refractivity contribution in [1.82, 2.24) is 4.90 Å². The summed E-state index contributed by atoms with van der Waals surface area (Å²) in [5.41, 5.74) is 2.16. The summed E-state index contributed by atoms with van der Waals surface area (Å²) in [5, 5.41) is 0. The smallest absolute Gasteiger partial charge is 0.253 e. The van der Waals surface area contributed by atoms with E-state index in [0.29, 0.717) is 5.92 Å². The number of carbonyl (C=O) groups is 1. The van der Waals surface area contributed by atoms with Gasteiger partial charge in [-0.2, -0.15) is 0 Å². The lowest BCUT2D eigenvalue weighted by molar-refractivity contribution is 0.0690. The van der Waals surface area contributed by atoms with E-state index in [4.69, 9.17) is 4.74 Å². The Bertz CT molecular complexity index is 703. The van der Waals surface area contributed by atoms with Crippen LogP contribution in [0.5, 0.6) is 5.75 Å². The number of nitrogens with zero attached hydrogens (tertiary/aromatic N) is 1. The number of likely N-dealkylation sites (tertiary alicyclic amines) is 1. The first-order valence-corrected chi connectivity index (χ1v) is 10.8. The van der Waals surface area contributed by atoms with Crippen molar-refractivity contribution < 1.29 is 9.53 Å². The lowest BCUT2D eigenvalue weighted by Crippen LogP contribution is -2.38. The van der Waals surface area contributed by atoms with Crippen molar-refractivity contribution in [3.05, 3.63) is 65.7 Å². The molecule has 1 amide bonds. The number of carbonyl (C=O) groups excluding carboxylic acids is 1. The summed E-state index contributed by atoms with van der Waals surface area (Å²) in [6.07, 6.45) is 8.09. The van der Waals surface area contributed by atoms with Gasteiger partial charge in [0.05, 0.1) is 6.61 Å². The molecule has 1 saturated heterocycles. The first-order valence-electron chi connectivity index (χ1n) is 10.8. The standard InChI is InChI=1S/C25H33NO2/c1-2-3-4-8-19-28-24-13-11-23(12-14-24)25(27)26-17-15-22(16-18-26)20-21-9-6-5-7-10-21/h5-7,9-14,22H,2-4,8,15-20H2,1H3. The average Bonchev–Trinajstić information content (AvgIpc) is 2.75. The van der Waals surface area contributed by atoms with Crippen LogP contribution in [0, 0.1) is 5.92 Å². The zero-order valence-corrected chi connectivity index (χ0v) is 17.1. The monoisotopic (exact) mass is 379 g/mol. The SMILES string of the molecule is CCCCCCOc1ccc(C(=O)N2CCC(Cc3ccccc3)CC2)cc1. The second kappa shape index (κ2) is 10.9. The summed E-state index contributed by atoms with van der Waals surface area (Å²) in [6.45, 7) is 4.67. The van der Waals surface area contributed by atoms with Crippen molar-refractivity contribution in [1.29, 1.82) is 0 Å². The van der Waals surface area contributed by atoms with E-state index in [1.54, 1.807) is 0 Å². The molecule has 0 N–H and O–H groups in total. The Morgan fingerprint density at radius 3 is 2.36 bits per heavy atom. The molecule has 3 rings (SSSR count). The minimum absolute atomic E-state index is 0.146. The first kappa shape index (κ1) is 20.4. The van der Waals surface area contributed by atoms with Gasteiger partial charge in [0.15, 0.2) is 0 Å². The Morgan fingerprint density at radius 1 is 0.964 bits per heavy atom. The number of amides is 1. The Morgan fingerprint density at radius 2 is 1.68 bits per heavy atom. The maximum atomic E-state index is 12.8. The third-order valence-electron chi connectivity index (χ3n) is 5.64. The summed E-state index contributed by atoms with van der Waals surface area (Å²) in [6, 6.07) is 18.3. The summed E-state index contributed by atoms with van der Waals surface area (Å²) in [7, 11) is 0. The molecule has 0 saturated carbocycles. The van der Waals surface area contributed by atoms with Gasteiger partial charge in [0.25, 0.3) is 5.91 Å². The summed E-state index contributed by atoms with van der Waals surface area (Å²) in [4.78, 5) is 14.8. The number of unbranched alkanes of at least 4 members (excludes halogenated alkanes) is 3. The molecule has 0 bridgehead atoms. The molecular formula is C25H33NO2. The van der Waals surface area contributed by atoms with Crippen LogP contribution < -0.4 is 4.74 Å². The van der Waals surface area contributed by atoms with E-state index in [1.165, 1.54) is 24.8 Å². The first-order chi connectivity index (χ1) is 13.8. The van der Waals surface area contributed by atoms with E-state index in [-0.39, 0.29) is 5.91 Å². The van der Waals surface area contributed by atoms with Crippen molar-refractivity contribution >= 4 is 5.91 Å². The number of benzene rings is 2. The number of rotatable bonds is 9. The van der Waals surface area contributed by atoms with E-state index in [9.17, 15) is 4.79 Å². The molecule has 2 aromatic carbocycles. The molecule has 1 aliphatic rings. The lowest BCUT2D eigenvalue weighted by Gasteiger charge is -2.32. The minimum Gasteiger partial charge on any atom is -0.494 e. The summed E-state index contributed by atoms with van der Waals surface area (Å²) in [5.74, 6) is 1.68. The molecule has 0 radical (unpaired) electrons. The third-order valence-corrected chi connectivity index (χ3v) is 5.64. The molecule has 0 spiro atoms. The summed E-state index contributed by atoms with van der Waals surface area (Å²) < 4.78 is 5.78. The van der Waals surface area contributed by atoms with Crippen molar-refractivity contribution in [3.8, 4) is 5.75 Å². The van der Waals surface area contributed by atoms with Gasteiger partial charge in [-0.1, -0.05) is 56.5 Å². The van der Waals surface area contributed by atoms with Gasteiger partial charge in [0.1, 0.15) is 5.75 Å². The normalized spacial score (nSPS) is 14.8. The zero-order chi connectivity index (χ0) is 19.6. The Labute approximate surface area is 169 Å². The van der Waals surface area contributed by atoms with Gasteiger partial charge in [-0.05, 0) is 61.4 Å². The second-order valence-electron chi connectivity index (χ2n) is 7.86. The molecule has 3 heteroatoms. The molecule has 2 aromatic rings. The fourth-order valence-corrected chi connectivity index (χ4v) is 3.88. The van der Waals surface area contributed by atoms with Crippen LogP contribution in [0.3, 0.4) is 0 Å². The third kappa shape index (κ3) is 6.12. The molecule has 3 nitrogen and oxygen atoms in total. The summed E-state index contributed by atoms with van der Waals surface area (Å²) >= 11 is 0. The van der Waals surface area contributed by atoms with E-state index < -0.39 is 0 Å². The lowest BCUT2D eigenvalue weighted by atomic mass is 9.90. The molecule has 0 aromatic heterocycles. The van der Waals surface area contributed by atoms with Gasteiger partial charge < -0.3 is 9.64 Å². The van der Waals surface area contributed by atoms with Crippen LogP contribution in [0.1, 0.15) is 61.4 Å². The molecule has 1 aliphatic heterocycles. The van der Waals surface area contributed by atoms with Gasteiger partial charge in [0, 0.05) is 18.7 Å². The van der Waals surface area contributed by atoms with E-state index in [1.807, 2.05) is 29.2 Å². The Balaban J connectivity index is 1.43. The number of hydrogen-bond donors (Lipinski definition) is 0. The number of ether oxygens (including phenoxy) is 1. The molecule has 0 atom stereocenters. The van der Waals surface area contributed by atoms with E-state index in [2.05, 4.69) is 37.3 Å². The fraction of sp³-hybridized carbons (Fsp3) is 0.480. The highest BCUT2D eigenvalue weighted by Gasteiger charge is 2.23. The van der Waals surface area contributed by atoms with Crippen molar-refractivity contribution in [2.24, 2.45) is 5.92 Å². The average molecular weight is 380 g/mol. The van der Waals surface area contributed by atoms with Crippen LogP contribution in [-0.2, 0) is 6.42 Å². The number of piperidine rings is 1. The molecule has 1 fully saturated rings. The molecular weight excluding hydrogens is 346 g/mol. The molecule has 0 aliphatic carbocycles. The largest absolute Gasteiger partial charge is 0.494 e. The second-order valence-corrected chi connectivity index (χ2v) is 7.86. The topological polar surface area (TPSA) is 29.5 Å².